The summed E-state index contributed by atoms with van der Waals surface area (Å²) in [5.74, 6) is 0. The lowest BCUT2D eigenvalue weighted by atomic mass is 10.0. The van der Waals surface area contributed by atoms with Crippen LogP contribution in [0.2, 0.25) is 5.02 Å². The molecule has 2 N–H and O–H groups in total. The first-order valence-corrected chi connectivity index (χ1v) is 5.33. The van der Waals surface area contributed by atoms with Crippen LogP contribution in [0.15, 0.2) is 18.2 Å². The van der Waals surface area contributed by atoms with Crippen LogP contribution in [0.25, 0.3) is 0 Å². The lowest BCUT2D eigenvalue weighted by Crippen LogP contribution is -2.43. The fraction of sp³-hybridized carbons (Fsp3) is 0.300. The number of thiocarbonyl (C=S) groups is 1. The molecule has 74 valence electrons. The highest BCUT2D eigenvalue weighted by molar-refractivity contribution is 7.79. The monoisotopic (exact) mass is 226 g/mol. The Bertz CT molecular complexity index is 367. The van der Waals surface area contributed by atoms with Crippen molar-refractivity contribution in [3.63, 3.8) is 0 Å². The molecule has 1 aromatic rings. The van der Waals surface area contributed by atoms with Crippen LogP contribution in [-0.4, -0.2) is 11.5 Å². The van der Waals surface area contributed by atoms with Crippen LogP contribution in [0, 0.1) is 0 Å². The molecular formula is C10H11ClN2S. The van der Waals surface area contributed by atoms with Gasteiger partial charge in [-0.15, -0.1) is 0 Å². The molecule has 0 bridgehead atoms. The van der Waals surface area contributed by atoms with E-state index in [0.29, 0.717) is 0 Å². The summed E-state index contributed by atoms with van der Waals surface area (Å²) in [4.78, 5) is 0. The summed E-state index contributed by atoms with van der Waals surface area (Å²) in [6, 6.07) is 6.08. The second kappa shape index (κ2) is 3.85. The minimum Gasteiger partial charge on any atom is -0.365 e. The fourth-order valence-corrected chi connectivity index (χ4v) is 2.22. The molecule has 1 heterocycles. The fourth-order valence-electron chi connectivity index (χ4n) is 1.74. The number of nitrogens with one attached hydrogen (secondary N) is 2. The van der Waals surface area contributed by atoms with Crippen molar-refractivity contribution in [3.05, 3.63) is 28.8 Å². The van der Waals surface area contributed by atoms with Crippen LogP contribution in [-0.2, 0) is 0 Å². The first-order valence-electron chi connectivity index (χ1n) is 4.48. The summed E-state index contributed by atoms with van der Waals surface area (Å²) in [5, 5.41) is 9.04. The van der Waals surface area contributed by atoms with Gasteiger partial charge in [-0.2, -0.15) is 0 Å². The number of fused-ring (bicyclic) bond motifs is 1. The van der Waals surface area contributed by atoms with E-state index < -0.39 is 0 Å². The van der Waals surface area contributed by atoms with Gasteiger partial charge in [0, 0.05) is 27.7 Å². The largest absolute Gasteiger partial charge is 0.365 e. The van der Waals surface area contributed by atoms with Crippen molar-refractivity contribution in [2.24, 2.45) is 0 Å². The van der Waals surface area contributed by atoms with Crippen molar-refractivity contribution in [1.82, 2.24) is 5.32 Å². The van der Waals surface area contributed by atoms with Crippen LogP contribution in [0.5, 0.6) is 0 Å². The predicted molar refractivity (Wildman–Crippen MR) is 64.1 cm³/mol. The van der Waals surface area contributed by atoms with Crippen molar-refractivity contribution in [2.45, 2.75) is 19.1 Å². The lowest BCUT2D eigenvalue weighted by molar-refractivity contribution is 0.547. The number of halogens is 1. The van der Waals surface area contributed by atoms with E-state index in [1.54, 1.807) is 5.37 Å². The van der Waals surface area contributed by atoms with Gasteiger partial charge in [0.25, 0.3) is 0 Å². The second-order valence-corrected chi connectivity index (χ2v) is 4.03. The van der Waals surface area contributed by atoms with E-state index in [1.165, 1.54) is 0 Å². The Morgan fingerprint density at radius 2 is 2.29 bits per heavy atom. The zero-order valence-electron chi connectivity index (χ0n) is 7.75. The maximum Gasteiger partial charge on any atom is 0.107 e. The Balaban J connectivity index is 2.44. The Kier molecular flexibility index (Phi) is 2.72. The highest BCUT2D eigenvalue weighted by Crippen LogP contribution is 2.33. The average molecular weight is 227 g/mol. The maximum absolute atomic E-state index is 6.11. The van der Waals surface area contributed by atoms with Gasteiger partial charge < -0.3 is 5.32 Å². The normalized spacial score (nSPS) is 25.0. The van der Waals surface area contributed by atoms with Crippen LogP contribution < -0.4 is 10.6 Å². The molecule has 0 saturated carbocycles. The molecule has 14 heavy (non-hydrogen) atoms. The van der Waals surface area contributed by atoms with Gasteiger partial charge in [-0.3, -0.25) is 5.32 Å². The van der Waals surface area contributed by atoms with E-state index in [0.717, 1.165) is 16.3 Å². The molecule has 1 aromatic carbocycles. The average Bonchev–Trinajstić information content (AvgIpc) is 2.17. The quantitative estimate of drug-likeness (QED) is 0.721. The summed E-state index contributed by atoms with van der Waals surface area (Å²) in [7, 11) is 0. The molecule has 0 radical (unpaired) electrons. The van der Waals surface area contributed by atoms with Gasteiger partial charge in [0.2, 0.25) is 0 Å². The molecule has 0 aromatic heterocycles. The third-order valence-corrected chi connectivity index (χ3v) is 2.96. The number of rotatable bonds is 1. The molecule has 1 aliphatic heterocycles. The number of anilines is 1. The minimum atomic E-state index is 0.0472. The smallest absolute Gasteiger partial charge is 0.107 e. The third kappa shape index (κ3) is 1.63. The molecule has 2 nitrogen and oxygen atoms in total. The third-order valence-electron chi connectivity index (χ3n) is 2.36. The Morgan fingerprint density at radius 3 is 3.00 bits per heavy atom. The van der Waals surface area contributed by atoms with Crippen LogP contribution >= 0.6 is 23.8 Å². The van der Waals surface area contributed by atoms with Crippen molar-refractivity contribution in [1.29, 1.82) is 0 Å². The molecule has 4 heteroatoms. The Hall–Kier alpha value is -0.640. The van der Waals surface area contributed by atoms with E-state index in [1.807, 2.05) is 18.2 Å². The van der Waals surface area contributed by atoms with Gasteiger partial charge in [0.15, 0.2) is 0 Å². The first-order chi connectivity index (χ1) is 6.72. The van der Waals surface area contributed by atoms with E-state index in [4.69, 9.17) is 23.8 Å². The number of hydrogen-bond donors (Lipinski definition) is 2. The van der Waals surface area contributed by atoms with Gasteiger partial charge in [-0.25, -0.2) is 0 Å². The molecule has 0 saturated heterocycles. The summed E-state index contributed by atoms with van der Waals surface area (Å²) in [6.07, 6.45) is 0.0472. The van der Waals surface area contributed by atoms with Gasteiger partial charge in [-0.1, -0.05) is 29.9 Å². The highest BCUT2D eigenvalue weighted by atomic mass is 35.5. The lowest BCUT2D eigenvalue weighted by Gasteiger charge is -2.31. The zero-order valence-corrected chi connectivity index (χ0v) is 9.32. The van der Waals surface area contributed by atoms with E-state index in [-0.39, 0.29) is 12.2 Å². The molecule has 0 fully saturated rings. The van der Waals surface area contributed by atoms with E-state index in [2.05, 4.69) is 17.6 Å². The summed E-state index contributed by atoms with van der Waals surface area (Å²) < 4.78 is 0. The van der Waals surface area contributed by atoms with E-state index in [9.17, 15) is 0 Å². The molecule has 1 aliphatic rings. The molecule has 0 amide bonds. The summed E-state index contributed by atoms with van der Waals surface area (Å²) >= 11 is 11.0. The second-order valence-electron chi connectivity index (χ2n) is 3.35. The molecule has 2 atom stereocenters. The molecular weight excluding hydrogens is 216 g/mol. The van der Waals surface area contributed by atoms with Crippen LogP contribution in [0.3, 0.4) is 0 Å². The highest BCUT2D eigenvalue weighted by Gasteiger charge is 2.22. The van der Waals surface area contributed by atoms with Crippen molar-refractivity contribution >= 4 is 34.9 Å². The van der Waals surface area contributed by atoms with E-state index >= 15 is 0 Å². The summed E-state index contributed by atoms with van der Waals surface area (Å²) in [6.45, 7) is 2.08. The van der Waals surface area contributed by atoms with Crippen molar-refractivity contribution in [2.75, 3.05) is 5.32 Å². The Labute approximate surface area is 93.6 Å². The number of benzene rings is 1. The SMILES string of the molecule is CC1NC(C=S)Nc2cccc(Cl)c21. The van der Waals surface area contributed by atoms with Crippen molar-refractivity contribution < 1.29 is 0 Å². The Morgan fingerprint density at radius 1 is 1.50 bits per heavy atom. The van der Waals surface area contributed by atoms with Crippen LogP contribution in [0.1, 0.15) is 18.5 Å². The standard InChI is InChI=1S/C10H11ClN2S/c1-6-10-7(11)3-2-4-8(10)13-9(5-14)12-6/h2-6,9,12-13H,1H3. The predicted octanol–water partition coefficient (Wildman–Crippen LogP) is 2.74. The molecule has 0 spiro atoms. The van der Waals surface area contributed by atoms with Gasteiger partial charge in [-0.05, 0) is 19.1 Å². The van der Waals surface area contributed by atoms with Gasteiger partial charge in [0.05, 0.1) is 0 Å². The number of hydrogen-bond acceptors (Lipinski definition) is 3. The molecule has 0 aliphatic carbocycles. The van der Waals surface area contributed by atoms with Crippen LogP contribution in [0.4, 0.5) is 5.69 Å². The maximum atomic E-state index is 6.11. The minimum absolute atomic E-state index is 0.0472. The topological polar surface area (TPSA) is 24.1 Å². The zero-order chi connectivity index (χ0) is 10.1. The van der Waals surface area contributed by atoms with Gasteiger partial charge in [0.1, 0.15) is 6.17 Å². The van der Waals surface area contributed by atoms with Gasteiger partial charge >= 0.3 is 0 Å². The molecule has 2 rings (SSSR count). The van der Waals surface area contributed by atoms with Crippen molar-refractivity contribution in [3.8, 4) is 0 Å². The molecule has 2 unspecified atom stereocenters. The first kappa shape index (κ1) is 9.90. The summed E-state index contributed by atoms with van der Waals surface area (Å²) in [5.41, 5.74) is 2.18.